The molecule has 4 rings (SSSR count). The molecule has 0 spiro atoms. The molecule has 0 bridgehead atoms. The number of nitrogens with zero attached hydrogens (tertiary/aromatic N) is 3. The zero-order valence-electron chi connectivity index (χ0n) is 14.8. The predicted molar refractivity (Wildman–Crippen MR) is 107 cm³/mol. The maximum atomic E-state index is 13.2. The van der Waals surface area contributed by atoms with Gasteiger partial charge in [0.25, 0.3) is 0 Å². The molecule has 0 N–H and O–H groups in total. The molecule has 27 heavy (non-hydrogen) atoms. The van der Waals surface area contributed by atoms with Crippen LogP contribution < -0.4 is 0 Å². The van der Waals surface area contributed by atoms with E-state index in [1.807, 2.05) is 23.1 Å². The van der Waals surface area contributed by atoms with Crippen LogP contribution >= 0.6 is 11.3 Å². The number of halogens is 1. The first kappa shape index (κ1) is 17.8. The minimum absolute atomic E-state index is 0.0288. The summed E-state index contributed by atoms with van der Waals surface area (Å²) in [7, 11) is 0. The van der Waals surface area contributed by atoms with Crippen LogP contribution in [0.25, 0.3) is 16.3 Å². The molecule has 4 nitrogen and oxygen atoms in total. The third-order valence-electron chi connectivity index (χ3n) is 4.65. The van der Waals surface area contributed by atoms with Crippen molar-refractivity contribution in [3.63, 3.8) is 0 Å². The van der Waals surface area contributed by atoms with Crippen molar-refractivity contribution < 1.29 is 9.18 Å². The van der Waals surface area contributed by atoms with Gasteiger partial charge in [-0.25, -0.2) is 9.37 Å². The minimum atomic E-state index is -0.298. The van der Waals surface area contributed by atoms with Gasteiger partial charge in [-0.15, -0.1) is 11.3 Å². The Hall–Kier alpha value is -2.57. The number of para-hydroxylation sites is 1. The fraction of sp³-hybridized carbons (Fsp3) is 0.238. The number of piperazine rings is 1. The predicted octanol–water partition coefficient (Wildman–Crippen LogP) is 3.79. The number of hydrogen-bond donors (Lipinski definition) is 0. The van der Waals surface area contributed by atoms with Gasteiger partial charge in [0.1, 0.15) is 10.8 Å². The number of hydrogen-bond acceptors (Lipinski definition) is 4. The quantitative estimate of drug-likeness (QED) is 0.645. The zero-order chi connectivity index (χ0) is 18.6. The second kappa shape index (κ2) is 7.98. The molecule has 1 aliphatic rings. The molecule has 1 aromatic heterocycles. The highest BCUT2D eigenvalue weighted by Crippen LogP contribution is 2.23. The van der Waals surface area contributed by atoms with Crippen LogP contribution in [0.15, 0.2) is 54.6 Å². The minimum Gasteiger partial charge on any atom is -0.337 e. The van der Waals surface area contributed by atoms with Crippen LogP contribution in [0.2, 0.25) is 0 Å². The Bertz CT molecular complexity index is 943. The highest BCUT2D eigenvalue weighted by molar-refractivity contribution is 7.18. The Morgan fingerprint density at radius 1 is 1.11 bits per heavy atom. The molecular weight excluding hydrogens is 361 g/mol. The van der Waals surface area contributed by atoms with Gasteiger partial charge in [-0.05, 0) is 35.9 Å². The topological polar surface area (TPSA) is 36.4 Å². The number of carbonyl (C=O) groups excluding carboxylic acids is 1. The first-order valence-corrected chi connectivity index (χ1v) is 9.78. The zero-order valence-corrected chi connectivity index (χ0v) is 15.7. The van der Waals surface area contributed by atoms with Crippen LogP contribution in [0.1, 0.15) is 10.6 Å². The molecule has 2 heterocycles. The highest BCUT2D eigenvalue weighted by Gasteiger charge is 2.20. The lowest BCUT2D eigenvalue weighted by Gasteiger charge is -2.33. The molecule has 1 amide bonds. The summed E-state index contributed by atoms with van der Waals surface area (Å²) < 4.78 is 14.4. The molecule has 6 heteroatoms. The van der Waals surface area contributed by atoms with Crippen LogP contribution in [0.4, 0.5) is 4.39 Å². The smallest absolute Gasteiger partial charge is 0.246 e. The molecule has 0 saturated carbocycles. The second-order valence-electron chi connectivity index (χ2n) is 6.57. The highest BCUT2D eigenvalue weighted by atomic mass is 32.1. The van der Waals surface area contributed by atoms with E-state index in [2.05, 4.69) is 16.0 Å². The molecule has 1 fully saturated rings. The van der Waals surface area contributed by atoms with E-state index < -0.39 is 0 Å². The molecule has 1 saturated heterocycles. The Balaban J connectivity index is 1.31. The number of thiazole rings is 1. The van der Waals surface area contributed by atoms with Gasteiger partial charge in [0.05, 0.1) is 16.8 Å². The first-order valence-electron chi connectivity index (χ1n) is 8.97. The van der Waals surface area contributed by atoms with E-state index in [0.29, 0.717) is 18.7 Å². The number of aromatic nitrogens is 1. The summed E-state index contributed by atoms with van der Waals surface area (Å²) in [6, 6.07) is 14.4. The van der Waals surface area contributed by atoms with Crippen molar-refractivity contribution >= 4 is 33.5 Å². The fourth-order valence-electron chi connectivity index (χ4n) is 3.19. The number of benzene rings is 2. The lowest BCUT2D eigenvalue weighted by molar-refractivity contribution is -0.127. The average molecular weight is 381 g/mol. The third kappa shape index (κ3) is 4.40. The molecule has 0 aliphatic carbocycles. The number of carbonyl (C=O) groups is 1. The maximum absolute atomic E-state index is 13.2. The van der Waals surface area contributed by atoms with Gasteiger partial charge in [-0.3, -0.25) is 9.69 Å². The van der Waals surface area contributed by atoms with Crippen molar-refractivity contribution in [1.82, 2.24) is 14.8 Å². The number of amides is 1. The molecule has 3 aromatic rings. The van der Waals surface area contributed by atoms with E-state index in [-0.39, 0.29) is 11.7 Å². The average Bonchev–Trinajstić information content (AvgIpc) is 3.09. The summed E-state index contributed by atoms with van der Waals surface area (Å²) in [4.78, 5) is 21.2. The summed E-state index contributed by atoms with van der Waals surface area (Å²) in [5, 5.41) is 1.11. The van der Waals surface area contributed by atoms with E-state index in [9.17, 15) is 9.18 Å². The van der Waals surface area contributed by atoms with Crippen molar-refractivity contribution in [3.8, 4) is 0 Å². The molecule has 138 valence electrons. The summed E-state index contributed by atoms with van der Waals surface area (Å²) in [5.74, 6) is -0.327. The van der Waals surface area contributed by atoms with Crippen LogP contribution in [-0.2, 0) is 11.3 Å². The molecule has 0 atom stereocenters. The van der Waals surface area contributed by atoms with Crippen LogP contribution in [0, 0.1) is 5.82 Å². The monoisotopic (exact) mass is 381 g/mol. The Morgan fingerprint density at radius 3 is 2.70 bits per heavy atom. The normalized spacial score (nSPS) is 15.7. The maximum Gasteiger partial charge on any atom is 0.246 e. The van der Waals surface area contributed by atoms with Crippen LogP contribution in [0.3, 0.4) is 0 Å². The first-order chi connectivity index (χ1) is 13.2. The van der Waals surface area contributed by atoms with Gasteiger partial charge in [-0.1, -0.05) is 24.3 Å². The van der Waals surface area contributed by atoms with Crippen molar-refractivity contribution in [3.05, 3.63) is 71.0 Å². The Kier molecular flexibility index (Phi) is 5.27. The second-order valence-corrected chi connectivity index (χ2v) is 7.68. The molecule has 2 aromatic carbocycles. The Labute approximate surface area is 161 Å². The van der Waals surface area contributed by atoms with Crippen LogP contribution in [0.5, 0.6) is 0 Å². The van der Waals surface area contributed by atoms with Gasteiger partial charge >= 0.3 is 0 Å². The largest absolute Gasteiger partial charge is 0.337 e. The van der Waals surface area contributed by atoms with Crippen LogP contribution in [-0.4, -0.2) is 46.9 Å². The number of rotatable bonds is 4. The summed E-state index contributed by atoms with van der Waals surface area (Å²) in [5.41, 5.74) is 1.74. The molecule has 0 radical (unpaired) electrons. The van der Waals surface area contributed by atoms with Gasteiger partial charge in [0.2, 0.25) is 5.91 Å². The summed E-state index contributed by atoms with van der Waals surface area (Å²) in [6.45, 7) is 3.86. The van der Waals surface area contributed by atoms with Crippen molar-refractivity contribution in [1.29, 1.82) is 0 Å². The lowest BCUT2D eigenvalue weighted by atomic mass is 10.2. The lowest BCUT2D eigenvalue weighted by Crippen LogP contribution is -2.47. The van der Waals surface area contributed by atoms with Crippen molar-refractivity contribution in [2.24, 2.45) is 0 Å². The summed E-state index contributed by atoms with van der Waals surface area (Å²) >= 11 is 1.73. The van der Waals surface area contributed by atoms with Gasteiger partial charge in [0, 0.05) is 32.3 Å². The van der Waals surface area contributed by atoms with E-state index in [4.69, 9.17) is 0 Å². The standard InChI is InChI=1S/C21H20FN3OS/c22-17-5-3-4-16(14-17)8-9-21(26)25-12-10-24(11-13-25)15-20-23-18-6-1-2-7-19(18)27-20/h1-9,14H,10-13,15H2. The fourth-order valence-corrected chi connectivity index (χ4v) is 4.20. The molecule has 0 unspecified atom stereocenters. The van der Waals surface area contributed by atoms with Gasteiger partial charge in [-0.2, -0.15) is 0 Å². The third-order valence-corrected chi connectivity index (χ3v) is 5.67. The van der Waals surface area contributed by atoms with E-state index >= 15 is 0 Å². The van der Waals surface area contributed by atoms with Gasteiger partial charge in [0.15, 0.2) is 0 Å². The van der Waals surface area contributed by atoms with E-state index in [1.54, 1.807) is 29.5 Å². The van der Waals surface area contributed by atoms with Gasteiger partial charge < -0.3 is 4.90 Å². The summed E-state index contributed by atoms with van der Waals surface area (Å²) in [6.07, 6.45) is 3.19. The number of fused-ring (bicyclic) bond motifs is 1. The Morgan fingerprint density at radius 2 is 1.93 bits per heavy atom. The molecular formula is C21H20FN3OS. The molecule has 1 aliphatic heterocycles. The SMILES string of the molecule is O=C(C=Cc1cccc(F)c1)N1CCN(Cc2nc3ccccc3s2)CC1. The van der Waals surface area contributed by atoms with Crippen molar-refractivity contribution in [2.75, 3.05) is 26.2 Å². The van der Waals surface area contributed by atoms with E-state index in [1.165, 1.54) is 22.9 Å². The van der Waals surface area contributed by atoms with E-state index in [0.717, 1.165) is 30.2 Å². The van der Waals surface area contributed by atoms with Crippen molar-refractivity contribution in [2.45, 2.75) is 6.54 Å².